The fourth-order valence-corrected chi connectivity index (χ4v) is 3.86. The molecule has 174 valence electrons. The average Bonchev–Trinajstić information content (AvgIpc) is 3.22. The Morgan fingerprint density at radius 2 is 1.84 bits per heavy atom. The van der Waals surface area contributed by atoms with Crippen LogP contribution in [0.25, 0.3) is 0 Å². The highest BCUT2D eigenvalue weighted by molar-refractivity contribution is 5.99. The van der Waals surface area contributed by atoms with Gasteiger partial charge in [0.25, 0.3) is 5.91 Å². The smallest absolute Gasteiger partial charge is 0.318 e. The maximum Gasteiger partial charge on any atom is 0.318 e. The van der Waals surface area contributed by atoms with Crippen LogP contribution in [0.15, 0.2) is 12.1 Å². The minimum Gasteiger partial charge on any atom is -0.496 e. The van der Waals surface area contributed by atoms with Crippen molar-refractivity contribution in [2.45, 2.75) is 45.7 Å². The molecule has 10 nitrogen and oxygen atoms in total. The van der Waals surface area contributed by atoms with E-state index in [0.717, 1.165) is 11.1 Å². The van der Waals surface area contributed by atoms with Crippen LogP contribution in [-0.2, 0) is 14.4 Å². The van der Waals surface area contributed by atoms with E-state index in [9.17, 15) is 24.0 Å². The molecule has 10 heteroatoms. The Balaban J connectivity index is 1.94. The molecule has 3 atom stereocenters. The molecule has 1 saturated heterocycles. The molecule has 2 rings (SSSR count). The van der Waals surface area contributed by atoms with Crippen LogP contribution in [0.1, 0.15) is 41.3 Å². The van der Waals surface area contributed by atoms with Crippen molar-refractivity contribution in [2.24, 2.45) is 5.92 Å². The number of hydrogen-bond acceptors (Lipinski definition) is 6. The standard InChI is InChI=1S/C22H29N3O7/c1-12-7-16(8-13(2)20(12)32-4)21(30)23-14(3)19(29)15-5-6-25(10-15)22(31)24-17(11-26)9-18(27)28/h7-8,11,14-15,17H,5-6,9-10H2,1-4H3,(H,23,30)(H,24,31)(H,27,28). The molecule has 1 fully saturated rings. The number of rotatable bonds is 9. The highest BCUT2D eigenvalue weighted by atomic mass is 16.5. The molecule has 3 unspecified atom stereocenters. The highest BCUT2D eigenvalue weighted by Crippen LogP contribution is 2.24. The summed E-state index contributed by atoms with van der Waals surface area (Å²) in [7, 11) is 1.56. The predicted molar refractivity (Wildman–Crippen MR) is 115 cm³/mol. The van der Waals surface area contributed by atoms with Crippen molar-refractivity contribution in [1.29, 1.82) is 0 Å². The van der Waals surface area contributed by atoms with Gasteiger partial charge in [0, 0.05) is 24.6 Å². The Hall–Kier alpha value is -3.43. The maximum atomic E-state index is 12.8. The summed E-state index contributed by atoms with van der Waals surface area (Å²) < 4.78 is 5.31. The Bertz CT molecular complexity index is 892. The molecule has 32 heavy (non-hydrogen) atoms. The number of urea groups is 1. The van der Waals surface area contributed by atoms with E-state index in [1.807, 2.05) is 13.8 Å². The number of carboxylic acids is 1. The molecule has 0 saturated carbocycles. The SMILES string of the molecule is COc1c(C)cc(C(=O)NC(C)C(=O)C2CCN(C(=O)NC(C=O)CC(=O)O)C2)cc1C. The lowest BCUT2D eigenvalue weighted by atomic mass is 9.97. The normalized spacial score (nSPS) is 17.2. The summed E-state index contributed by atoms with van der Waals surface area (Å²) in [5, 5.41) is 13.8. The van der Waals surface area contributed by atoms with E-state index >= 15 is 0 Å². The summed E-state index contributed by atoms with van der Waals surface area (Å²) in [4.78, 5) is 60.8. The van der Waals surface area contributed by atoms with Crippen molar-refractivity contribution >= 4 is 30.0 Å². The van der Waals surface area contributed by atoms with Gasteiger partial charge in [-0.05, 0) is 50.5 Å². The van der Waals surface area contributed by atoms with E-state index < -0.39 is 36.4 Å². The Kier molecular flexibility index (Phi) is 8.34. The van der Waals surface area contributed by atoms with Gasteiger partial charge in [0.05, 0.1) is 25.6 Å². The Labute approximate surface area is 186 Å². The van der Waals surface area contributed by atoms with Crippen LogP contribution in [0.2, 0.25) is 0 Å². The molecule has 0 aromatic heterocycles. The maximum absolute atomic E-state index is 12.8. The number of aryl methyl sites for hydroxylation is 2. The van der Waals surface area contributed by atoms with Crippen molar-refractivity contribution in [3.8, 4) is 5.75 Å². The van der Waals surface area contributed by atoms with Crippen LogP contribution in [0.4, 0.5) is 4.79 Å². The number of likely N-dealkylation sites (tertiary alicyclic amines) is 1. The first kappa shape index (κ1) is 24.8. The van der Waals surface area contributed by atoms with Crippen LogP contribution >= 0.6 is 0 Å². The van der Waals surface area contributed by atoms with Gasteiger partial charge in [-0.15, -0.1) is 0 Å². The third-order valence-corrected chi connectivity index (χ3v) is 5.45. The van der Waals surface area contributed by atoms with Crippen molar-refractivity contribution in [3.05, 3.63) is 28.8 Å². The van der Waals surface area contributed by atoms with Crippen LogP contribution in [-0.4, -0.2) is 72.3 Å². The number of carboxylic acid groups (broad SMARTS) is 1. The fourth-order valence-electron chi connectivity index (χ4n) is 3.86. The molecule has 0 bridgehead atoms. The zero-order valence-corrected chi connectivity index (χ0v) is 18.6. The van der Waals surface area contributed by atoms with Gasteiger partial charge < -0.3 is 30.2 Å². The third-order valence-electron chi connectivity index (χ3n) is 5.45. The zero-order valence-electron chi connectivity index (χ0n) is 18.6. The van der Waals surface area contributed by atoms with Gasteiger partial charge in [0.1, 0.15) is 12.0 Å². The minimum absolute atomic E-state index is 0.129. The minimum atomic E-state index is -1.20. The van der Waals surface area contributed by atoms with Gasteiger partial charge in [-0.1, -0.05) is 0 Å². The molecule has 1 aliphatic rings. The van der Waals surface area contributed by atoms with Gasteiger partial charge in [-0.2, -0.15) is 0 Å². The molecule has 0 spiro atoms. The van der Waals surface area contributed by atoms with Crippen molar-refractivity contribution in [3.63, 3.8) is 0 Å². The Morgan fingerprint density at radius 3 is 2.38 bits per heavy atom. The first-order valence-corrected chi connectivity index (χ1v) is 10.3. The number of aliphatic carboxylic acids is 1. The number of carbonyl (C=O) groups excluding carboxylic acids is 4. The fraction of sp³-hybridized carbons (Fsp3) is 0.500. The van der Waals surface area contributed by atoms with Gasteiger partial charge in [-0.3, -0.25) is 14.4 Å². The summed E-state index contributed by atoms with van der Waals surface area (Å²) in [6, 6.07) is 0.901. The molecule has 0 aliphatic carbocycles. The van der Waals surface area contributed by atoms with E-state index in [1.54, 1.807) is 26.2 Å². The van der Waals surface area contributed by atoms with Gasteiger partial charge in [0.2, 0.25) is 0 Å². The lowest BCUT2D eigenvalue weighted by Gasteiger charge is -2.21. The molecule has 1 heterocycles. The third kappa shape index (κ3) is 6.05. The Morgan fingerprint density at radius 1 is 1.22 bits per heavy atom. The number of Topliss-reactive ketones (excluding diaryl/α,β-unsaturated/α-hetero) is 1. The second-order valence-corrected chi connectivity index (χ2v) is 7.96. The van der Waals surface area contributed by atoms with Crippen molar-refractivity contribution in [2.75, 3.05) is 20.2 Å². The lowest BCUT2D eigenvalue weighted by Crippen LogP contribution is -2.46. The topological polar surface area (TPSA) is 142 Å². The molecule has 1 aromatic rings. The number of methoxy groups -OCH3 is 1. The summed E-state index contributed by atoms with van der Waals surface area (Å²) in [6.45, 7) is 5.69. The number of carbonyl (C=O) groups is 5. The number of nitrogens with one attached hydrogen (secondary N) is 2. The summed E-state index contributed by atoms with van der Waals surface area (Å²) >= 11 is 0. The second kappa shape index (κ2) is 10.7. The largest absolute Gasteiger partial charge is 0.496 e. The number of amides is 3. The van der Waals surface area contributed by atoms with Crippen LogP contribution in [0.5, 0.6) is 5.75 Å². The summed E-state index contributed by atoms with van der Waals surface area (Å²) in [5.74, 6) is -1.55. The molecule has 0 radical (unpaired) electrons. The number of hydrogen-bond donors (Lipinski definition) is 3. The van der Waals surface area contributed by atoms with E-state index in [4.69, 9.17) is 9.84 Å². The van der Waals surface area contributed by atoms with E-state index in [0.29, 0.717) is 30.6 Å². The summed E-state index contributed by atoms with van der Waals surface area (Å²) in [5.41, 5.74) is 2.04. The van der Waals surface area contributed by atoms with Gasteiger partial charge in [0.15, 0.2) is 5.78 Å². The number of nitrogens with zero attached hydrogens (tertiary/aromatic N) is 1. The number of ketones is 1. The zero-order chi connectivity index (χ0) is 24.0. The van der Waals surface area contributed by atoms with E-state index in [-0.39, 0.29) is 18.2 Å². The van der Waals surface area contributed by atoms with Crippen molar-refractivity contribution < 1.29 is 33.8 Å². The first-order valence-electron chi connectivity index (χ1n) is 10.3. The molecule has 1 aromatic carbocycles. The molecule has 1 aliphatic heterocycles. The van der Waals surface area contributed by atoms with E-state index in [1.165, 1.54) is 4.90 Å². The number of aldehydes is 1. The predicted octanol–water partition coefficient (Wildman–Crippen LogP) is 1.07. The van der Waals surface area contributed by atoms with E-state index in [2.05, 4.69) is 10.6 Å². The second-order valence-electron chi connectivity index (χ2n) is 7.96. The van der Waals surface area contributed by atoms with Gasteiger partial charge in [-0.25, -0.2) is 4.79 Å². The van der Waals surface area contributed by atoms with Crippen LogP contribution in [0, 0.1) is 19.8 Å². The molecule has 3 amide bonds. The number of benzene rings is 1. The molecule has 3 N–H and O–H groups in total. The van der Waals surface area contributed by atoms with Gasteiger partial charge >= 0.3 is 12.0 Å². The summed E-state index contributed by atoms with van der Waals surface area (Å²) in [6.07, 6.45) is 0.266. The average molecular weight is 447 g/mol. The number of ether oxygens (including phenoxy) is 1. The highest BCUT2D eigenvalue weighted by Gasteiger charge is 2.34. The van der Waals surface area contributed by atoms with Crippen LogP contribution in [0.3, 0.4) is 0 Å². The van der Waals surface area contributed by atoms with Crippen molar-refractivity contribution in [1.82, 2.24) is 15.5 Å². The lowest BCUT2D eigenvalue weighted by molar-refractivity contribution is -0.138. The monoisotopic (exact) mass is 447 g/mol. The molecular weight excluding hydrogens is 418 g/mol. The first-order chi connectivity index (χ1) is 15.1. The molecular formula is C22H29N3O7. The van der Waals surface area contributed by atoms with Crippen LogP contribution < -0.4 is 15.4 Å². The quantitative estimate of drug-likeness (QED) is 0.481.